The Bertz CT molecular complexity index is 208. The molecule has 0 aromatic carbocycles. The fourth-order valence-electron chi connectivity index (χ4n) is 0. The average molecular weight is 255 g/mol. The first kappa shape index (κ1) is 17.4. The van der Waals surface area contributed by atoms with E-state index in [0.29, 0.717) is 0 Å². The molecule has 0 radical (unpaired) electrons. The molecule has 0 aliphatic carbocycles. The minimum Gasteiger partial charge on any atom is -0.264 e. The van der Waals surface area contributed by atoms with E-state index in [1.807, 2.05) is 0 Å². The summed E-state index contributed by atoms with van der Waals surface area (Å²) < 4.78 is 63.2. The Morgan fingerprint density at radius 3 is 0.636 bits per heavy atom. The van der Waals surface area contributed by atoms with Gasteiger partial charge in [0.15, 0.2) is 0 Å². The third kappa shape index (κ3) is 12700. The Morgan fingerprint density at radius 2 is 0.636 bits per heavy atom. The zero-order chi connectivity index (χ0) is 9.00. The van der Waals surface area contributed by atoms with Gasteiger partial charge in [-0.25, -0.2) is 0 Å². The van der Waals surface area contributed by atoms with Crippen LogP contribution in [0.15, 0.2) is 0 Å². The maximum Gasteiger partial charge on any atom is 0.394 e. The zero-order valence-corrected chi connectivity index (χ0v) is 7.18. The normalized spacial score (nSPS) is 10.5. The summed E-state index contributed by atoms with van der Waals surface area (Å²) in [6.07, 6.45) is 0. The minimum absolute atomic E-state index is 0. The summed E-state index contributed by atoms with van der Waals surface area (Å²) in [6.45, 7) is 0. The van der Waals surface area contributed by atoms with Crippen LogP contribution in [-0.4, -0.2) is 35.0 Å². The van der Waals surface area contributed by atoms with Crippen molar-refractivity contribution in [1.29, 1.82) is 0 Å². The molecule has 11 heavy (non-hydrogen) atoms. The third-order valence-corrected chi connectivity index (χ3v) is 0. The van der Waals surface area contributed by atoms with Gasteiger partial charge in [-0.2, -0.15) is 16.8 Å². The summed E-state index contributed by atoms with van der Waals surface area (Å²) >= 11 is 0. The van der Waals surface area contributed by atoms with E-state index < -0.39 is 20.8 Å². The molecule has 8 nitrogen and oxygen atoms in total. The van der Waals surface area contributed by atoms with Crippen LogP contribution in [0.4, 0.5) is 0 Å². The monoisotopic (exact) mass is 254 g/mol. The Kier molecular flexibility index (Phi) is 9.20. The van der Waals surface area contributed by atoms with Crippen molar-refractivity contribution in [3.8, 4) is 0 Å². The van der Waals surface area contributed by atoms with Crippen molar-refractivity contribution in [2.45, 2.75) is 0 Å². The van der Waals surface area contributed by atoms with Gasteiger partial charge in [-0.15, -0.1) is 0 Å². The van der Waals surface area contributed by atoms with E-state index in [1.165, 1.54) is 0 Å². The van der Waals surface area contributed by atoms with Gasteiger partial charge < -0.3 is 0 Å². The van der Waals surface area contributed by atoms with Gasteiger partial charge in [0.25, 0.3) is 0 Å². The standard InChI is InChI=1S/Ni.2H2O4S/c;2*1-5(2,3)4/h;2*(H2,1,2,3,4). The third-order valence-electron chi connectivity index (χ3n) is 0. The van der Waals surface area contributed by atoms with Crippen molar-refractivity contribution < 1.29 is 51.5 Å². The number of hydrogen-bond donors (Lipinski definition) is 4. The second-order valence-corrected chi connectivity index (χ2v) is 2.69. The van der Waals surface area contributed by atoms with Crippen molar-refractivity contribution >= 4 is 20.8 Å². The maximum atomic E-state index is 8.74. The molecule has 0 atom stereocenters. The summed E-state index contributed by atoms with van der Waals surface area (Å²) in [7, 11) is -9.33. The van der Waals surface area contributed by atoms with Crippen LogP contribution in [-0.2, 0) is 37.3 Å². The molecule has 74 valence electrons. The van der Waals surface area contributed by atoms with Crippen LogP contribution in [0.5, 0.6) is 0 Å². The largest absolute Gasteiger partial charge is 0.394 e. The molecule has 4 N–H and O–H groups in total. The first-order chi connectivity index (χ1) is 4.00. The second-order valence-electron chi connectivity index (χ2n) is 0.896. The molecule has 0 fully saturated rings. The van der Waals surface area contributed by atoms with E-state index in [2.05, 4.69) is 0 Å². The molecule has 0 aliphatic heterocycles. The van der Waals surface area contributed by atoms with Crippen LogP contribution in [0.2, 0.25) is 0 Å². The smallest absolute Gasteiger partial charge is 0.264 e. The molecular formula is H4NiO8S2. The molecule has 0 rings (SSSR count). The molecular weight excluding hydrogens is 251 g/mol. The topological polar surface area (TPSA) is 149 Å². The minimum atomic E-state index is -4.67. The Morgan fingerprint density at radius 1 is 0.636 bits per heavy atom. The van der Waals surface area contributed by atoms with Crippen LogP contribution in [0, 0.1) is 0 Å². The molecule has 0 heterocycles. The second kappa shape index (κ2) is 5.83. The first-order valence-electron chi connectivity index (χ1n) is 1.40. The SMILES string of the molecule is O=S(=O)(O)O.O=S(=O)(O)O.[Ni]. The fourth-order valence-corrected chi connectivity index (χ4v) is 0. The molecule has 0 bridgehead atoms. The molecule has 0 aromatic heterocycles. The van der Waals surface area contributed by atoms with Gasteiger partial charge in [0.05, 0.1) is 0 Å². The molecule has 0 saturated carbocycles. The summed E-state index contributed by atoms with van der Waals surface area (Å²) in [5.74, 6) is 0. The van der Waals surface area contributed by atoms with Crippen LogP contribution >= 0.6 is 0 Å². The van der Waals surface area contributed by atoms with Gasteiger partial charge in [-0.05, 0) is 0 Å². The maximum absolute atomic E-state index is 8.74. The summed E-state index contributed by atoms with van der Waals surface area (Å²) in [6, 6.07) is 0. The summed E-state index contributed by atoms with van der Waals surface area (Å²) in [4.78, 5) is 0. The zero-order valence-electron chi connectivity index (χ0n) is 4.55. The van der Waals surface area contributed by atoms with Gasteiger partial charge in [0, 0.05) is 16.5 Å². The van der Waals surface area contributed by atoms with Crippen LogP contribution in [0.25, 0.3) is 0 Å². The van der Waals surface area contributed by atoms with Gasteiger partial charge in [0.1, 0.15) is 0 Å². The van der Waals surface area contributed by atoms with Crippen LogP contribution in [0.3, 0.4) is 0 Å². The van der Waals surface area contributed by atoms with Gasteiger partial charge >= 0.3 is 20.8 Å². The molecule has 0 unspecified atom stereocenters. The van der Waals surface area contributed by atoms with Crippen LogP contribution in [0.1, 0.15) is 0 Å². The van der Waals surface area contributed by atoms with Crippen molar-refractivity contribution in [3.05, 3.63) is 0 Å². The predicted molar refractivity (Wildman–Crippen MR) is 28.4 cm³/mol. The Labute approximate surface area is 72.7 Å². The fraction of sp³-hybridized carbons (Fsp3) is 0. The Balaban J connectivity index is -0.000000107. The van der Waals surface area contributed by atoms with E-state index in [4.69, 9.17) is 35.0 Å². The Hall–Kier alpha value is 0.234. The molecule has 0 saturated heterocycles. The van der Waals surface area contributed by atoms with E-state index in [-0.39, 0.29) is 16.5 Å². The van der Waals surface area contributed by atoms with Gasteiger partial charge in [-0.1, -0.05) is 0 Å². The van der Waals surface area contributed by atoms with Crippen molar-refractivity contribution in [2.24, 2.45) is 0 Å². The molecule has 0 spiro atoms. The number of rotatable bonds is 0. The van der Waals surface area contributed by atoms with Crippen molar-refractivity contribution in [1.82, 2.24) is 0 Å². The van der Waals surface area contributed by atoms with Gasteiger partial charge in [0.2, 0.25) is 0 Å². The molecule has 0 aliphatic rings. The molecule has 0 amide bonds. The van der Waals surface area contributed by atoms with E-state index in [9.17, 15) is 0 Å². The van der Waals surface area contributed by atoms with Gasteiger partial charge in [-0.3, -0.25) is 18.2 Å². The van der Waals surface area contributed by atoms with Crippen molar-refractivity contribution in [3.63, 3.8) is 0 Å². The summed E-state index contributed by atoms with van der Waals surface area (Å²) in [5, 5.41) is 0. The number of hydrogen-bond acceptors (Lipinski definition) is 4. The van der Waals surface area contributed by atoms with Crippen molar-refractivity contribution in [2.75, 3.05) is 0 Å². The summed E-state index contributed by atoms with van der Waals surface area (Å²) in [5.41, 5.74) is 0. The first-order valence-corrected chi connectivity index (χ1v) is 4.19. The van der Waals surface area contributed by atoms with Crippen LogP contribution < -0.4 is 0 Å². The quantitative estimate of drug-likeness (QED) is 0.308. The molecule has 0 aromatic rings. The van der Waals surface area contributed by atoms with E-state index in [1.54, 1.807) is 0 Å². The van der Waals surface area contributed by atoms with E-state index in [0.717, 1.165) is 0 Å². The molecule has 11 heteroatoms. The van der Waals surface area contributed by atoms with E-state index >= 15 is 0 Å². The average Bonchev–Trinajstić information content (AvgIpc) is 1.12. The predicted octanol–water partition coefficient (Wildman–Crippen LogP) is -1.31.